The van der Waals surface area contributed by atoms with Crippen LogP contribution in [-0.2, 0) is 16.0 Å². The van der Waals surface area contributed by atoms with Gasteiger partial charge in [-0.3, -0.25) is 4.79 Å². The minimum Gasteiger partial charge on any atom is -0.383 e. The van der Waals surface area contributed by atoms with Crippen LogP contribution in [0.15, 0.2) is 17.5 Å². The average molecular weight is 256 g/mol. The third-order valence-electron chi connectivity index (χ3n) is 2.26. The molecule has 0 radical (unpaired) electrons. The molecule has 0 aliphatic heterocycles. The zero-order valence-electron chi connectivity index (χ0n) is 10.4. The average Bonchev–Trinajstić information content (AvgIpc) is 2.77. The van der Waals surface area contributed by atoms with Gasteiger partial charge in [0.25, 0.3) is 0 Å². The van der Waals surface area contributed by atoms with Crippen LogP contribution in [0.2, 0.25) is 0 Å². The molecule has 0 bridgehead atoms. The van der Waals surface area contributed by atoms with Gasteiger partial charge in [0.1, 0.15) is 0 Å². The fraction of sp³-hybridized carbons (Fsp3) is 0.583. The number of rotatable bonds is 8. The molecule has 4 nitrogen and oxygen atoms in total. The summed E-state index contributed by atoms with van der Waals surface area (Å²) >= 11 is 1.72. The van der Waals surface area contributed by atoms with Gasteiger partial charge in [0.15, 0.2) is 0 Å². The topological polar surface area (TPSA) is 50.4 Å². The lowest BCUT2D eigenvalue weighted by molar-refractivity contribution is -0.120. The molecule has 0 spiro atoms. The second kappa shape index (κ2) is 8.22. The molecule has 1 amide bonds. The van der Waals surface area contributed by atoms with Crippen LogP contribution in [0.1, 0.15) is 11.8 Å². The van der Waals surface area contributed by atoms with Gasteiger partial charge in [-0.2, -0.15) is 0 Å². The van der Waals surface area contributed by atoms with Crippen molar-refractivity contribution >= 4 is 17.2 Å². The largest absolute Gasteiger partial charge is 0.383 e. The van der Waals surface area contributed by atoms with Crippen LogP contribution in [0.25, 0.3) is 0 Å². The Hall–Kier alpha value is -0.910. The maximum atomic E-state index is 11.5. The SMILES string of the molecule is COCCNCC(=O)NC(C)Cc1cccs1. The molecule has 2 N–H and O–H groups in total. The predicted molar refractivity (Wildman–Crippen MR) is 70.4 cm³/mol. The Morgan fingerprint density at radius 3 is 3.06 bits per heavy atom. The molecule has 1 aromatic rings. The highest BCUT2D eigenvalue weighted by atomic mass is 32.1. The van der Waals surface area contributed by atoms with E-state index in [4.69, 9.17) is 4.74 Å². The van der Waals surface area contributed by atoms with Crippen molar-refractivity contribution in [2.24, 2.45) is 0 Å². The number of carbonyl (C=O) groups is 1. The normalized spacial score (nSPS) is 12.4. The van der Waals surface area contributed by atoms with E-state index in [1.807, 2.05) is 13.0 Å². The molecule has 1 atom stereocenters. The van der Waals surface area contributed by atoms with Gasteiger partial charge in [-0.05, 0) is 18.4 Å². The molecule has 17 heavy (non-hydrogen) atoms. The van der Waals surface area contributed by atoms with Gasteiger partial charge < -0.3 is 15.4 Å². The molecule has 0 saturated carbocycles. The quantitative estimate of drug-likeness (QED) is 0.683. The van der Waals surface area contributed by atoms with Gasteiger partial charge in [-0.15, -0.1) is 11.3 Å². The van der Waals surface area contributed by atoms with Crippen molar-refractivity contribution in [2.75, 3.05) is 26.8 Å². The summed E-state index contributed by atoms with van der Waals surface area (Å²) in [6, 6.07) is 4.29. The minimum absolute atomic E-state index is 0.0326. The van der Waals surface area contributed by atoms with Crippen molar-refractivity contribution in [1.82, 2.24) is 10.6 Å². The van der Waals surface area contributed by atoms with E-state index in [0.717, 1.165) is 6.42 Å². The summed E-state index contributed by atoms with van der Waals surface area (Å²) in [6.45, 7) is 3.69. The lowest BCUT2D eigenvalue weighted by Crippen LogP contribution is -2.40. The Kier molecular flexibility index (Phi) is 6.84. The zero-order chi connectivity index (χ0) is 12.5. The van der Waals surface area contributed by atoms with Gasteiger partial charge in [0.2, 0.25) is 5.91 Å². The minimum atomic E-state index is 0.0326. The number of hydrogen-bond acceptors (Lipinski definition) is 4. The number of thiophene rings is 1. The molecule has 1 unspecified atom stereocenters. The zero-order valence-corrected chi connectivity index (χ0v) is 11.2. The fourth-order valence-electron chi connectivity index (χ4n) is 1.48. The summed E-state index contributed by atoms with van der Waals surface area (Å²) in [4.78, 5) is 12.8. The Morgan fingerprint density at radius 2 is 2.41 bits per heavy atom. The molecule has 96 valence electrons. The van der Waals surface area contributed by atoms with Crippen LogP contribution < -0.4 is 10.6 Å². The first-order valence-corrected chi connectivity index (χ1v) is 6.61. The molecule has 0 fully saturated rings. The van der Waals surface area contributed by atoms with E-state index in [0.29, 0.717) is 19.7 Å². The van der Waals surface area contributed by atoms with E-state index < -0.39 is 0 Å². The van der Waals surface area contributed by atoms with Crippen molar-refractivity contribution < 1.29 is 9.53 Å². The third-order valence-corrected chi connectivity index (χ3v) is 3.16. The molecule has 1 aromatic heterocycles. The highest BCUT2D eigenvalue weighted by Gasteiger charge is 2.07. The smallest absolute Gasteiger partial charge is 0.234 e. The second-order valence-electron chi connectivity index (χ2n) is 3.92. The van der Waals surface area contributed by atoms with E-state index in [1.165, 1.54) is 4.88 Å². The predicted octanol–water partition coefficient (Wildman–Crippen LogP) is 1.03. The molecular weight excluding hydrogens is 236 g/mol. The van der Waals surface area contributed by atoms with Gasteiger partial charge in [0, 0.05) is 31.0 Å². The number of methoxy groups -OCH3 is 1. The Balaban J connectivity index is 2.13. The summed E-state index contributed by atoms with van der Waals surface area (Å²) < 4.78 is 4.88. The fourth-order valence-corrected chi connectivity index (χ4v) is 2.32. The lowest BCUT2D eigenvalue weighted by Gasteiger charge is -2.13. The number of ether oxygens (including phenoxy) is 1. The molecular formula is C12H20N2O2S. The lowest BCUT2D eigenvalue weighted by atomic mass is 10.2. The van der Waals surface area contributed by atoms with Gasteiger partial charge in [-0.25, -0.2) is 0 Å². The molecule has 0 saturated heterocycles. The first-order chi connectivity index (χ1) is 8.22. The van der Waals surface area contributed by atoms with E-state index >= 15 is 0 Å². The van der Waals surface area contributed by atoms with E-state index in [9.17, 15) is 4.79 Å². The molecule has 5 heteroatoms. The third kappa shape index (κ3) is 6.41. The van der Waals surface area contributed by atoms with E-state index in [-0.39, 0.29) is 11.9 Å². The van der Waals surface area contributed by atoms with Crippen molar-refractivity contribution in [1.29, 1.82) is 0 Å². The van der Waals surface area contributed by atoms with Crippen molar-refractivity contribution in [3.63, 3.8) is 0 Å². The van der Waals surface area contributed by atoms with Crippen LogP contribution in [0.3, 0.4) is 0 Å². The van der Waals surface area contributed by atoms with Crippen LogP contribution in [0.5, 0.6) is 0 Å². The van der Waals surface area contributed by atoms with Crippen LogP contribution in [0, 0.1) is 0 Å². The number of carbonyl (C=O) groups excluding carboxylic acids is 1. The standard InChI is InChI=1S/C12H20N2O2S/c1-10(8-11-4-3-7-17-11)14-12(15)9-13-5-6-16-2/h3-4,7,10,13H,5-6,8-9H2,1-2H3,(H,14,15). The first-order valence-electron chi connectivity index (χ1n) is 5.73. The highest BCUT2D eigenvalue weighted by Crippen LogP contribution is 2.10. The molecule has 1 heterocycles. The van der Waals surface area contributed by atoms with E-state index in [1.54, 1.807) is 18.4 Å². The van der Waals surface area contributed by atoms with Crippen LogP contribution >= 0.6 is 11.3 Å². The van der Waals surface area contributed by atoms with Gasteiger partial charge in [-0.1, -0.05) is 6.07 Å². The molecule has 0 aliphatic carbocycles. The molecule has 0 aliphatic rings. The van der Waals surface area contributed by atoms with Crippen LogP contribution in [0.4, 0.5) is 0 Å². The van der Waals surface area contributed by atoms with E-state index in [2.05, 4.69) is 22.1 Å². The maximum absolute atomic E-state index is 11.5. The maximum Gasteiger partial charge on any atom is 0.234 e. The van der Waals surface area contributed by atoms with Crippen molar-refractivity contribution in [3.05, 3.63) is 22.4 Å². The summed E-state index contributed by atoms with van der Waals surface area (Å²) in [7, 11) is 1.64. The number of nitrogens with one attached hydrogen (secondary N) is 2. The highest BCUT2D eigenvalue weighted by molar-refractivity contribution is 7.09. The van der Waals surface area contributed by atoms with Crippen LogP contribution in [-0.4, -0.2) is 38.8 Å². The molecule has 0 aromatic carbocycles. The van der Waals surface area contributed by atoms with Gasteiger partial charge >= 0.3 is 0 Å². The summed E-state index contributed by atoms with van der Waals surface area (Å²) in [5, 5.41) is 8.03. The summed E-state index contributed by atoms with van der Waals surface area (Å²) in [5.41, 5.74) is 0. The number of amides is 1. The summed E-state index contributed by atoms with van der Waals surface area (Å²) in [5.74, 6) is 0.0326. The Bertz CT molecular complexity index is 314. The number of hydrogen-bond donors (Lipinski definition) is 2. The second-order valence-corrected chi connectivity index (χ2v) is 4.95. The Labute approximate surface area is 106 Å². The first kappa shape index (κ1) is 14.2. The van der Waals surface area contributed by atoms with Crippen molar-refractivity contribution in [3.8, 4) is 0 Å². The summed E-state index contributed by atoms with van der Waals surface area (Å²) in [6.07, 6.45) is 0.890. The van der Waals surface area contributed by atoms with Gasteiger partial charge in [0.05, 0.1) is 13.2 Å². The Morgan fingerprint density at radius 1 is 1.59 bits per heavy atom. The monoisotopic (exact) mass is 256 g/mol. The van der Waals surface area contributed by atoms with Crippen molar-refractivity contribution in [2.45, 2.75) is 19.4 Å². The molecule has 1 rings (SSSR count).